The van der Waals surface area contributed by atoms with Crippen molar-refractivity contribution in [2.45, 2.75) is 25.0 Å². The van der Waals surface area contributed by atoms with Gasteiger partial charge >= 0.3 is 0 Å². The van der Waals surface area contributed by atoms with Gasteiger partial charge in [0.05, 0.1) is 6.10 Å². The Morgan fingerprint density at radius 3 is 2.78 bits per heavy atom. The number of amides is 1. The zero-order valence-corrected chi connectivity index (χ0v) is 10.0. The van der Waals surface area contributed by atoms with Gasteiger partial charge in [-0.2, -0.15) is 0 Å². The monoisotopic (exact) mass is 252 g/mol. The lowest BCUT2D eigenvalue weighted by molar-refractivity contribution is -0.122. The van der Waals surface area contributed by atoms with E-state index in [1.807, 2.05) is 0 Å². The van der Waals surface area contributed by atoms with E-state index in [0.717, 1.165) is 6.42 Å². The second-order valence-corrected chi connectivity index (χ2v) is 4.52. The Hall–Kier alpha value is -1.46. The summed E-state index contributed by atoms with van der Waals surface area (Å²) in [6.45, 7) is 0.987. The molecule has 1 aromatic rings. The first-order valence-corrected chi connectivity index (χ1v) is 6.09. The highest BCUT2D eigenvalue weighted by atomic mass is 19.1. The first kappa shape index (κ1) is 13.0. The summed E-state index contributed by atoms with van der Waals surface area (Å²) >= 11 is 0. The number of benzene rings is 1. The summed E-state index contributed by atoms with van der Waals surface area (Å²) in [6.07, 6.45) is 0.634. The predicted molar refractivity (Wildman–Crippen MR) is 65.4 cm³/mol. The molecule has 4 nitrogen and oxygen atoms in total. The maximum absolute atomic E-state index is 12.7. The third kappa shape index (κ3) is 3.51. The number of carbonyl (C=O) groups is 1. The molecule has 18 heavy (non-hydrogen) atoms. The maximum Gasteiger partial charge on any atom is 0.220 e. The third-order valence-corrected chi connectivity index (χ3v) is 3.12. The Balaban J connectivity index is 1.79. The van der Waals surface area contributed by atoms with Crippen LogP contribution in [0, 0.1) is 5.82 Å². The lowest BCUT2D eigenvalue weighted by Gasteiger charge is -2.24. The minimum atomic E-state index is -0.664. The van der Waals surface area contributed by atoms with E-state index in [9.17, 15) is 14.3 Å². The second-order valence-electron chi connectivity index (χ2n) is 4.52. The van der Waals surface area contributed by atoms with Gasteiger partial charge in [0.1, 0.15) is 5.82 Å². The quantitative estimate of drug-likeness (QED) is 0.740. The van der Waals surface area contributed by atoms with Crippen molar-refractivity contribution in [3.05, 3.63) is 35.6 Å². The number of piperidine rings is 1. The fourth-order valence-electron chi connectivity index (χ4n) is 1.99. The molecule has 1 fully saturated rings. The average molecular weight is 252 g/mol. The van der Waals surface area contributed by atoms with Gasteiger partial charge in [0.2, 0.25) is 5.91 Å². The molecule has 2 rings (SSSR count). The van der Waals surface area contributed by atoms with Crippen molar-refractivity contribution in [3.8, 4) is 0 Å². The Labute approximate surface area is 105 Å². The van der Waals surface area contributed by atoms with E-state index in [0.29, 0.717) is 25.1 Å². The lowest BCUT2D eigenvalue weighted by atomic mass is 10.1. The van der Waals surface area contributed by atoms with Gasteiger partial charge in [0.15, 0.2) is 0 Å². The molecule has 0 saturated carbocycles. The summed E-state index contributed by atoms with van der Waals surface area (Å²) in [5.41, 5.74) is 0.684. The summed E-state index contributed by atoms with van der Waals surface area (Å²) in [5, 5.41) is 15.9. The number of hydrogen-bond donors (Lipinski definition) is 3. The molecular weight excluding hydrogens is 235 g/mol. The first-order valence-electron chi connectivity index (χ1n) is 6.09. The van der Waals surface area contributed by atoms with Crippen LogP contribution in [0.3, 0.4) is 0 Å². The Kier molecular flexibility index (Phi) is 4.28. The molecule has 1 amide bonds. The van der Waals surface area contributed by atoms with E-state index < -0.39 is 6.10 Å². The number of hydrogen-bond acceptors (Lipinski definition) is 3. The topological polar surface area (TPSA) is 61.4 Å². The molecule has 2 atom stereocenters. The first-order chi connectivity index (χ1) is 8.65. The zero-order valence-electron chi connectivity index (χ0n) is 10.0. The molecule has 1 aromatic carbocycles. The van der Waals surface area contributed by atoms with Gasteiger partial charge in [-0.1, -0.05) is 12.1 Å². The maximum atomic E-state index is 12.7. The van der Waals surface area contributed by atoms with Crippen LogP contribution < -0.4 is 10.6 Å². The molecule has 1 saturated heterocycles. The number of aliphatic hydroxyl groups is 1. The highest BCUT2D eigenvalue weighted by Crippen LogP contribution is 2.13. The molecule has 0 radical (unpaired) electrons. The van der Waals surface area contributed by atoms with Crippen molar-refractivity contribution in [2.75, 3.05) is 13.1 Å². The molecule has 1 heterocycles. The van der Waals surface area contributed by atoms with E-state index in [1.165, 1.54) is 12.1 Å². The van der Waals surface area contributed by atoms with Crippen molar-refractivity contribution < 1.29 is 14.3 Å². The van der Waals surface area contributed by atoms with E-state index in [-0.39, 0.29) is 17.8 Å². The van der Waals surface area contributed by atoms with E-state index >= 15 is 0 Å². The molecule has 0 bridgehead atoms. The van der Waals surface area contributed by atoms with Crippen molar-refractivity contribution in [1.82, 2.24) is 10.6 Å². The smallest absolute Gasteiger partial charge is 0.220 e. The van der Waals surface area contributed by atoms with Crippen LogP contribution in [0.1, 0.15) is 24.5 Å². The third-order valence-electron chi connectivity index (χ3n) is 3.12. The molecule has 0 aromatic heterocycles. The second kappa shape index (κ2) is 5.93. The predicted octanol–water partition coefficient (Wildman–Crippen LogP) is 0.727. The highest BCUT2D eigenvalue weighted by molar-refractivity contribution is 5.76. The molecular formula is C13H17FN2O2. The van der Waals surface area contributed by atoms with E-state index in [1.54, 1.807) is 12.1 Å². The largest absolute Gasteiger partial charge is 0.387 e. The molecule has 98 valence electrons. The number of aliphatic hydroxyl groups excluding tert-OH is 1. The fraction of sp³-hybridized carbons (Fsp3) is 0.462. The van der Waals surface area contributed by atoms with E-state index in [2.05, 4.69) is 10.6 Å². The Morgan fingerprint density at radius 1 is 1.44 bits per heavy atom. The average Bonchev–Trinajstić information content (AvgIpc) is 2.38. The van der Waals surface area contributed by atoms with Gasteiger partial charge in [0.25, 0.3) is 0 Å². The number of rotatable bonds is 4. The number of carbonyl (C=O) groups excluding carboxylic acids is 1. The SMILES string of the molecule is O=C1CCC(NCC(O)c2ccc(F)cc2)CN1. The Bertz CT molecular complexity index is 398. The van der Waals surface area contributed by atoms with Crippen LogP contribution in [0.2, 0.25) is 0 Å². The molecule has 3 N–H and O–H groups in total. The standard InChI is InChI=1S/C13H17FN2O2/c14-10-3-1-9(2-4-10)12(17)8-15-11-5-6-13(18)16-7-11/h1-4,11-12,15,17H,5-8H2,(H,16,18). The summed E-state index contributed by atoms with van der Waals surface area (Å²) in [6, 6.07) is 6.01. The van der Waals surface area contributed by atoms with Crippen molar-refractivity contribution in [1.29, 1.82) is 0 Å². The Morgan fingerprint density at radius 2 is 2.17 bits per heavy atom. The molecule has 2 unspecified atom stereocenters. The number of halogens is 1. The van der Waals surface area contributed by atoms with Crippen LogP contribution in [-0.2, 0) is 4.79 Å². The summed E-state index contributed by atoms with van der Waals surface area (Å²) < 4.78 is 12.7. The van der Waals surface area contributed by atoms with E-state index in [4.69, 9.17) is 0 Å². The highest BCUT2D eigenvalue weighted by Gasteiger charge is 2.18. The molecule has 0 spiro atoms. The van der Waals surface area contributed by atoms with Gasteiger partial charge in [-0.05, 0) is 24.1 Å². The summed E-state index contributed by atoms with van der Waals surface area (Å²) in [7, 11) is 0. The molecule has 1 aliphatic rings. The normalized spacial score (nSPS) is 21.4. The van der Waals surface area contributed by atoms with Crippen LogP contribution >= 0.6 is 0 Å². The fourth-order valence-corrected chi connectivity index (χ4v) is 1.99. The van der Waals surface area contributed by atoms with Crippen molar-refractivity contribution in [3.63, 3.8) is 0 Å². The summed E-state index contributed by atoms with van der Waals surface area (Å²) in [5.74, 6) is -0.235. The minimum Gasteiger partial charge on any atom is -0.387 e. The van der Waals surface area contributed by atoms with Crippen LogP contribution in [0.5, 0.6) is 0 Å². The zero-order chi connectivity index (χ0) is 13.0. The van der Waals surface area contributed by atoms with Gasteiger partial charge < -0.3 is 15.7 Å². The van der Waals surface area contributed by atoms with Gasteiger partial charge in [-0.25, -0.2) is 4.39 Å². The van der Waals surface area contributed by atoms with Gasteiger partial charge in [0, 0.05) is 25.6 Å². The van der Waals surface area contributed by atoms with Crippen molar-refractivity contribution in [2.24, 2.45) is 0 Å². The summed E-state index contributed by atoms with van der Waals surface area (Å²) in [4.78, 5) is 11.0. The van der Waals surface area contributed by atoms with Crippen LogP contribution in [-0.4, -0.2) is 30.1 Å². The minimum absolute atomic E-state index is 0.0760. The molecule has 0 aliphatic carbocycles. The number of nitrogens with one attached hydrogen (secondary N) is 2. The van der Waals surface area contributed by atoms with Gasteiger partial charge in [-0.3, -0.25) is 4.79 Å². The molecule has 1 aliphatic heterocycles. The van der Waals surface area contributed by atoms with Crippen LogP contribution in [0.25, 0.3) is 0 Å². The van der Waals surface area contributed by atoms with Crippen molar-refractivity contribution >= 4 is 5.91 Å². The van der Waals surface area contributed by atoms with Crippen LogP contribution in [0.4, 0.5) is 4.39 Å². The van der Waals surface area contributed by atoms with Gasteiger partial charge in [-0.15, -0.1) is 0 Å². The van der Waals surface area contributed by atoms with Crippen LogP contribution in [0.15, 0.2) is 24.3 Å². The molecule has 5 heteroatoms. The lowest BCUT2D eigenvalue weighted by Crippen LogP contribution is -2.46.